The maximum atomic E-state index is 4.81. The van der Waals surface area contributed by atoms with Crippen LogP contribution in [0.2, 0.25) is 0 Å². The van der Waals surface area contributed by atoms with Crippen LogP contribution in [0, 0.1) is 6.92 Å². The minimum Gasteiger partial charge on any atom is -0.355 e. The summed E-state index contributed by atoms with van der Waals surface area (Å²) in [6.45, 7) is 8.52. The van der Waals surface area contributed by atoms with Gasteiger partial charge >= 0.3 is 0 Å². The number of aromatic nitrogens is 3. The summed E-state index contributed by atoms with van der Waals surface area (Å²) in [5.74, 6) is 2.54. The first-order chi connectivity index (χ1) is 14.6. The van der Waals surface area contributed by atoms with Gasteiger partial charge in [-0.1, -0.05) is 50.2 Å². The first-order valence-corrected chi connectivity index (χ1v) is 11.4. The molecule has 0 amide bonds. The molecule has 0 fully saturated rings. The van der Waals surface area contributed by atoms with Crippen LogP contribution < -0.4 is 10.6 Å². The molecule has 0 saturated heterocycles. The average molecular weight is 553 g/mol. The van der Waals surface area contributed by atoms with E-state index in [1.54, 1.807) is 11.3 Å². The molecule has 2 aromatic heterocycles. The van der Waals surface area contributed by atoms with E-state index in [0.717, 1.165) is 43.5 Å². The Morgan fingerprint density at radius 1 is 1.06 bits per heavy atom. The summed E-state index contributed by atoms with van der Waals surface area (Å²) in [6, 6.07) is 15.0. The molecule has 31 heavy (non-hydrogen) atoms. The molecule has 1 aromatic carbocycles. The molecule has 3 rings (SSSR count). The van der Waals surface area contributed by atoms with Gasteiger partial charge in [0.15, 0.2) is 11.8 Å². The largest absolute Gasteiger partial charge is 0.355 e. The second kappa shape index (κ2) is 12.2. The molecular formula is C23H33IN6S. The van der Waals surface area contributed by atoms with Crippen molar-refractivity contribution in [3.05, 3.63) is 69.9 Å². The van der Waals surface area contributed by atoms with E-state index in [9.17, 15) is 0 Å². The number of nitrogens with zero attached hydrogens (tertiary/aromatic N) is 4. The second-order valence-corrected chi connectivity index (χ2v) is 8.56. The van der Waals surface area contributed by atoms with Crippen molar-refractivity contribution in [1.29, 1.82) is 0 Å². The Morgan fingerprint density at radius 2 is 1.81 bits per heavy atom. The Morgan fingerprint density at radius 3 is 2.39 bits per heavy atom. The lowest BCUT2D eigenvalue weighted by molar-refractivity contribution is 0.389. The summed E-state index contributed by atoms with van der Waals surface area (Å²) in [5, 5.41) is 17.6. The topological polar surface area (TPSA) is 67.1 Å². The average Bonchev–Trinajstić information content (AvgIpc) is 3.42. The predicted octanol–water partition coefficient (Wildman–Crippen LogP) is 4.80. The lowest BCUT2D eigenvalue weighted by atomic mass is 9.76. The molecule has 3 aromatic rings. The van der Waals surface area contributed by atoms with Gasteiger partial charge in [-0.2, -0.15) is 0 Å². The minimum atomic E-state index is 0. The van der Waals surface area contributed by atoms with Gasteiger partial charge in [0.25, 0.3) is 0 Å². The van der Waals surface area contributed by atoms with Crippen molar-refractivity contribution in [1.82, 2.24) is 25.4 Å². The quantitative estimate of drug-likeness (QED) is 0.228. The van der Waals surface area contributed by atoms with E-state index >= 15 is 0 Å². The van der Waals surface area contributed by atoms with Crippen LogP contribution in [0.25, 0.3) is 0 Å². The smallest absolute Gasteiger partial charge is 0.192 e. The van der Waals surface area contributed by atoms with Crippen LogP contribution in [0.15, 0.2) is 52.8 Å². The molecule has 0 unspecified atom stereocenters. The van der Waals surface area contributed by atoms with E-state index < -0.39 is 0 Å². The van der Waals surface area contributed by atoms with Crippen LogP contribution in [0.1, 0.15) is 48.8 Å². The number of rotatable bonds is 9. The van der Waals surface area contributed by atoms with Crippen LogP contribution in [-0.4, -0.2) is 27.3 Å². The highest BCUT2D eigenvalue weighted by molar-refractivity contribution is 14.0. The molecule has 0 atom stereocenters. The number of hydrogen-bond donors (Lipinski definition) is 2. The molecule has 0 aliphatic rings. The number of halogens is 1. The number of thiophene rings is 1. The molecule has 0 saturated carbocycles. The highest BCUT2D eigenvalue weighted by Crippen LogP contribution is 2.30. The summed E-state index contributed by atoms with van der Waals surface area (Å²) in [6.07, 6.45) is 2.11. The third-order valence-electron chi connectivity index (χ3n) is 5.91. The Hall–Kier alpha value is -1.94. The maximum Gasteiger partial charge on any atom is 0.192 e. The van der Waals surface area contributed by atoms with E-state index in [2.05, 4.69) is 82.5 Å². The molecule has 0 aliphatic heterocycles. The number of guanidine groups is 1. The normalized spacial score (nSPS) is 11.8. The fraction of sp³-hybridized carbons (Fsp3) is 0.435. The Bertz CT molecular complexity index is 932. The van der Waals surface area contributed by atoms with Crippen molar-refractivity contribution >= 4 is 41.3 Å². The number of aliphatic imine (C=N–C) groups is 1. The lowest BCUT2D eigenvalue weighted by Crippen LogP contribution is -2.45. The van der Waals surface area contributed by atoms with E-state index in [-0.39, 0.29) is 29.4 Å². The summed E-state index contributed by atoms with van der Waals surface area (Å²) in [5.41, 5.74) is 1.43. The van der Waals surface area contributed by atoms with E-state index in [1.165, 1.54) is 10.4 Å². The Balaban J connectivity index is 0.00000341. The Labute approximate surface area is 206 Å². The monoisotopic (exact) mass is 552 g/mol. The molecule has 168 valence electrons. The maximum absolute atomic E-state index is 4.81. The van der Waals surface area contributed by atoms with Crippen molar-refractivity contribution in [3.8, 4) is 0 Å². The highest BCUT2D eigenvalue weighted by atomic mass is 127. The van der Waals surface area contributed by atoms with Crippen molar-refractivity contribution in [2.45, 2.75) is 52.1 Å². The van der Waals surface area contributed by atoms with E-state index in [1.807, 2.05) is 18.5 Å². The summed E-state index contributed by atoms with van der Waals surface area (Å²) >= 11 is 1.74. The van der Waals surface area contributed by atoms with Gasteiger partial charge in [-0.05, 0) is 36.8 Å². The van der Waals surface area contributed by atoms with Gasteiger partial charge in [-0.25, -0.2) is 4.99 Å². The number of hydrogen-bond acceptors (Lipinski definition) is 4. The molecular weight excluding hydrogens is 519 g/mol. The number of benzene rings is 1. The van der Waals surface area contributed by atoms with E-state index in [4.69, 9.17) is 4.99 Å². The van der Waals surface area contributed by atoms with Crippen molar-refractivity contribution < 1.29 is 0 Å². The first-order valence-electron chi connectivity index (χ1n) is 10.5. The molecule has 2 heterocycles. The van der Waals surface area contributed by atoms with Crippen LogP contribution in [-0.2, 0) is 25.6 Å². The molecule has 0 bridgehead atoms. The number of nitrogens with one attached hydrogen (secondary N) is 2. The minimum absolute atomic E-state index is 0. The molecule has 0 spiro atoms. The standard InChI is InChI=1S/C23H32N6S.HI/c1-5-23(6-2,19-11-8-7-9-12-19)17-26-22(24-15-20-13-10-14-30-20)25-16-21-28-27-18(3)29(21)4;/h7-14H,5-6,15-17H2,1-4H3,(H2,24,25,26);1H. The predicted molar refractivity (Wildman–Crippen MR) is 140 cm³/mol. The molecule has 0 aliphatic carbocycles. The molecule has 8 heteroatoms. The van der Waals surface area contributed by atoms with Crippen molar-refractivity contribution in [2.24, 2.45) is 12.0 Å². The fourth-order valence-corrected chi connectivity index (χ4v) is 4.20. The highest BCUT2D eigenvalue weighted by Gasteiger charge is 2.28. The van der Waals surface area contributed by atoms with Crippen LogP contribution in [0.3, 0.4) is 0 Å². The van der Waals surface area contributed by atoms with Crippen LogP contribution >= 0.6 is 35.3 Å². The third-order valence-corrected chi connectivity index (χ3v) is 6.78. The van der Waals surface area contributed by atoms with E-state index in [0.29, 0.717) is 6.54 Å². The Kier molecular flexibility index (Phi) is 9.95. The second-order valence-electron chi connectivity index (χ2n) is 7.53. The van der Waals surface area contributed by atoms with Gasteiger partial charge in [-0.15, -0.1) is 45.5 Å². The van der Waals surface area contributed by atoms with Crippen molar-refractivity contribution in [3.63, 3.8) is 0 Å². The zero-order valence-electron chi connectivity index (χ0n) is 18.8. The zero-order valence-corrected chi connectivity index (χ0v) is 21.9. The van der Waals surface area contributed by atoms with Crippen molar-refractivity contribution in [2.75, 3.05) is 6.54 Å². The van der Waals surface area contributed by atoms with Gasteiger partial charge in [0, 0.05) is 23.9 Å². The molecule has 0 radical (unpaired) electrons. The van der Waals surface area contributed by atoms with Crippen LogP contribution in [0.5, 0.6) is 0 Å². The third kappa shape index (κ3) is 6.52. The van der Waals surface area contributed by atoms with Gasteiger partial charge in [-0.3, -0.25) is 0 Å². The summed E-state index contributed by atoms with van der Waals surface area (Å²) in [7, 11) is 1.97. The van der Waals surface area contributed by atoms with Crippen LogP contribution in [0.4, 0.5) is 0 Å². The lowest BCUT2D eigenvalue weighted by Gasteiger charge is -2.33. The number of aryl methyl sites for hydroxylation is 1. The fourth-order valence-electron chi connectivity index (χ4n) is 3.55. The summed E-state index contributed by atoms with van der Waals surface area (Å²) < 4.78 is 1.98. The zero-order chi connectivity index (χ0) is 21.4. The summed E-state index contributed by atoms with van der Waals surface area (Å²) in [4.78, 5) is 6.09. The van der Waals surface area contributed by atoms with Gasteiger partial charge < -0.3 is 15.2 Å². The van der Waals surface area contributed by atoms with Gasteiger partial charge in [0.2, 0.25) is 0 Å². The molecule has 2 N–H and O–H groups in total. The first kappa shape index (κ1) is 25.3. The van der Waals surface area contributed by atoms with Gasteiger partial charge in [0.05, 0.1) is 6.54 Å². The molecule has 6 nitrogen and oxygen atoms in total. The van der Waals surface area contributed by atoms with Gasteiger partial charge in [0.1, 0.15) is 12.4 Å². The SMILES string of the molecule is CCC(CC)(CNC(=NCc1nnc(C)n1C)NCc1cccs1)c1ccccc1.I.